The van der Waals surface area contributed by atoms with Crippen LogP contribution in [0, 0.1) is 13.8 Å². The molecule has 0 atom stereocenters. The highest BCUT2D eigenvalue weighted by Gasteiger charge is 2.22. The van der Waals surface area contributed by atoms with Gasteiger partial charge in [0, 0.05) is 25.3 Å². The number of nitrogens with one attached hydrogen (secondary N) is 2. The number of anilines is 1. The van der Waals surface area contributed by atoms with Crippen LogP contribution in [-0.4, -0.2) is 53.4 Å². The molecule has 0 aliphatic heterocycles. The monoisotopic (exact) mass is 444 g/mol. The maximum Gasteiger partial charge on any atom is 0.319 e. The second kappa shape index (κ2) is 9.44. The van der Waals surface area contributed by atoms with Crippen molar-refractivity contribution in [3.05, 3.63) is 47.5 Å². The Morgan fingerprint density at radius 1 is 1.06 bits per heavy atom. The standard InChI is InChI=1S/C21H28N6O3S/c1-5-26(6-2)31(29,30)18-7-8-20-19(14-18)24-25-27(20)10-9-22-21(28)23-17-12-15(3)11-16(4)13-17/h7-8,11-14H,5-6,9-10H2,1-4H3,(H2,22,23,28). The van der Waals surface area contributed by atoms with Gasteiger partial charge in [-0.05, 0) is 55.3 Å². The molecule has 0 aliphatic rings. The molecule has 1 aromatic heterocycles. The Morgan fingerprint density at radius 2 is 1.74 bits per heavy atom. The quantitative estimate of drug-likeness (QED) is 0.555. The lowest BCUT2D eigenvalue weighted by Crippen LogP contribution is -2.31. The van der Waals surface area contributed by atoms with Crippen LogP contribution in [0.15, 0.2) is 41.3 Å². The van der Waals surface area contributed by atoms with Crippen molar-refractivity contribution in [3.8, 4) is 0 Å². The van der Waals surface area contributed by atoms with Crippen LogP contribution in [0.25, 0.3) is 11.0 Å². The fraction of sp³-hybridized carbons (Fsp3) is 0.381. The van der Waals surface area contributed by atoms with Crippen molar-refractivity contribution in [2.75, 3.05) is 25.0 Å². The third kappa shape index (κ3) is 5.20. The van der Waals surface area contributed by atoms with Gasteiger partial charge in [-0.25, -0.2) is 17.9 Å². The zero-order chi connectivity index (χ0) is 22.6. The summed E-state index contributed by atoms with van der Waals surface area (Å²) in [6.07, 6.45) is 0. The highest BCUT2D eigenvalue weighted by molar-refractivity contribution is 7.89. The van der Waals surface area contributed by atoms with Crippen LogP contribution in [0.3, 0.4) is 0 Å². The molecule has 3 rings (SSSR count). The number of carbonyl (C=O) groups is 1. The zero-order valence-electron chi connectivity index (χ0n) is 18.2. The van der Waals surface area contributed by atoms with E-state index in [0.717, 1.165) is 16.8 Å². The van der Waals surface area contributed by atoms with Crippen LogP contribution in [0.2, 0.25) is 0 Å². The Balaban J connectivity index is 1.64. The molecule has 166 valence electrons. The summed E-state index contributed by atoms with van der Waals surface area (Å²) in [5, 5.41) is 13.8. The summed E-state index contributed by atoms with van der Waals surface area (Å²) >= 11 is 0. The molecule has 10 heteroatoms. The van der Waals surface area contributed by atoms with Gasteiger partial charge < -0.3 is 10.6 Å². The molecule has 0 bridgehead atoms. The number of urea groups is 1. The second-order valence-electron chi connectivity index (χ2n) is 7.31. The molecule has 31 heavy (non-hydrogen) atoms. The Kier molecular flexibility index (Phi) is 6.91. The molecular formula is C21H28N6O3S. The molecular weight excluding hydrogens is 416 g/mol. The summed E-state index contributed by atoms with van der Waals surface area (Å²) in [4.78, 5) is 12.4. The molecule has 0 radical (unpaired) electrons. The van der Waals surface area contributed by atoms with Crippen LogP contribution < -0.4 is 10.6 Å². The molecule has 2 N–H and O–H groups in total. The summed E-state index contributed by atoms with van der Waals surface area (Å²) in [5.41, 5.74) is 4.09. The molecule has 2 aromatic carbocycles. The number of rotatable bonds is 8. The van der Waals surface area contributed by atoms with E-state index in [-0.39, 0.29) is 10.9 Å². The second-order valence-corrected chi connectivity index (χ2v) is 9.25. The van der Waals surface area contributed by atoms with E-state index < -0.39 is 10.0 Å². The number of amides is 2. The highest BCUT2D eigenvalue weighted by Crippen LogP contribution is 2.20. The van der Waals surface area contributed by atoms with E-state index in [1.807, 2.05) is 32.0 Å². The first kappa shape index (κ1) is 22.7. The molecule has 1 heterocycles. The van der Waals surface area contributed by atoms with Crippen molar-refractivity contribution >= 4 is 32.8 Å². The lowest BCUT2D eigenvalue weighted by Gasteiger charge is -2.18. The van der Waals surface area contributed by atoms with Gasteiger partial charge in [0.05, 0.1) is 17.0 Å². The molecule has 0 spiro atoms. The summed E-state index contributed by atoms with van der Waals surface area (Å²) in [6.45, 7) is 9.11. The third-order valence-electron chi connectivity index (χ3n) is 4.92. The van der Waals surface area contributed by atoms with Gasteiger partial charge >= 0.3 is 6.03 Å². The van der Waals surface area contributed by atoms with Crippen LogP contribution in [0.1, 0.15) is 25.0 Å². The highest BCUT2D eigenvalue weighted by atomic mass is 32.2. The van der Waals surface area contributed by atoms with Crippen molar-refractivity contribution in [2.24, 2.45) is 0 Å². The normalized spacial score (nSPS) is 11.8. The van der Waals surface area contributed by atoms with Gasteiger partial charge in [-0.3, -0.25) is 0 Å². The van der Waals surface area contributed by atoms with E-state index >= 15 is 0 Å². The topological polar surface area (TPSA) is 109 Å². The van der Waals surface area contributed by atoms with Gasteiger partial charge in [0.25, 0.3) is 0 Å². The van der Waals surface area contributed by atoms with E-state index in [4.69, 9.17) is 0 Å². The third-order valence-corrected chi connectivity index (χ3v) is 6.96. The smallest absolute Gasteiger partial charge is 0.319 e. The maximum atomic E-state index is 12.7. The van der Waals surface area contributed by atoms with E-state index in [9.17, 15) is 13.2 Å². The Morgan fingerprint density at radius 3 is 2.39 bits per heavy atom. The number of hydrogen-bond donors (Lipinski definition) is 2. The minimum Gasteiger partial charge on any atom is -0.336 e. The Hall–Kier alpha value is -2.98. The number of carbonyl (C=O) groups excluding carboxylic acids is 1. The first-order valence-corrected chi connectivity index (χ1v) is 11.6. The summed E-state index contributed by atoms with van der Waals surface area (Å²) < 4.78 is 28.4. The zero-order valence-corrected chi connectivity index (χ0v) is 19.0. The lowest BCUT2D eigenvalue weighted by molar-refractivity contribution is 0.251. The van der Waals surface area contributed by atoms with Crippen LogP contribution in [-0.2, 0) is 16.6 Å². The van der Waals surface area contributed by atoms with Crippen molar-refractivity contribution in [1.82, 2.24) is 24.6 Å². The average Bonchev–Trinajstić information content (AvgIpc) is 3.10. The van der Waals surface area contributed by atoms with Gasteiger partial charge in [-0.1, -0.05) is 25.1 Å². The molecule has 0 saturated heterocycles. The van der Waals surface area contributed by atoms with Crippen LogP contribution in [0.5, 0.6) is 0 Å². The molecule has 0 unspecified atom stereocenters. The number of nitrogens with zero attached hydrogens (tertiary/aromatic N) is 4. The molecule has 3 aromatic rings. The molecule has 9 nitrogen and oxygen atoms in total. The SMILES string of the molecule is CCN(CC)S(=O)(=O)c1ccc2c(c1)nnn2CCNC(=O)Nc1cc(C)cc(C)c1. The lowest BCUT2D eigenvalue weighted by atomic mass is 10.1. The number of benzene rings is 2. The number of sulfonamides is 1. The van der Waals surface area contributed by atoms with E-state index in [2.05, 4.69) is 20.9 Å². The van der Waals surface area contributed by atoms with E-state index in [1.54, 1.807) is 30.7 Å². The minimum absolute atomic E-state index is 0.196. The first-order chi connectivity index (χ1) is 14.7. The molecule has 0 aliphatic carbocycles. The number of hydrogen-bond acceptors (Lipinski definition) is 5. The Bertz CT molecular complexity index is 1160. The van der Waals surface area contributed by atoms with Gasteiger partial charge in [0.1, 0.15) is 5.52 Å². The average molecular weight is 445 g/mol. The van der Waals surface area contributed by atoms with Gasteiger partial charge in [0.15, 0.2) is 0 Å². The molecule has 2 amide bonds. The fourth-order valence-electron chi connectivity index (χ4n) is 3.49. The van der Waals surface area contributed by atoms with Crippen LogP contribution in [0.4, 0.5) is 10.5 Å². The van der Waals surface area contributed by atoms with Gasteiger partial charge in [0.2, 0.25) is 10.0 Å². The van der Waals surface area contributed by atoms with Crippen molar-refractivity contribution in [3.63, 3.8) is 0 Å². The largest absolute Gasteiger partial charge is 0.336 e. The molecule has 0 fully saturated rings. The summed E-state index contributed by atoms with van der Waals surface area (Å²) in [7, 11) is -3.56. The van der Waals surface area contributed by atoms with Crippen molar-refractivity contribution in [2.45, 2.75) is 39.1 Å². The fourth-order valence-corrected chi connectivity index (χ4v) is 4.97. The van der Waals surface area contributed by atoms with Gasteiger partial charge in [-0.15, -0.1) is 5.10 Å². The van der Waals surface area contributed by atoms with E-state index in [1.165, 1.54) is 10.4 Å². The molecule has 0 saturated carbocycles. The van der Waals surface area contributed by atoms with Gasteiger partial charge in [-0.2, -0.15) is 4.31 Å². The van der Waals surface area contributed by atoms with E-state index in [0.29, 0.717) is 37.2 Å². The summed E-state index contributed by atoms with van der Waals surface area (Å²) in [6, 6.07) is 10.3. The first-order valence-electron chi connectivity index (χ1n) is 10.2. The number of fused-ring (bicyclic) bond motifs is 1. The predicted octanol–water partition coefficient (Wildman–Crippen LogP) is 2.90. The minimum atomic E-state index is -3.56. The summed E-state index contributed by atoms with van der Waals surface area (Å²) in [5.74, 6) is 0. The number of aryl methyl sites for hydroxylation is 2. The predicted molar refractivity (Wildman–Crippen MR) is 121 cm³/mol. The Labute approximate surface area is 182 Å². The maximum absolute atomic E-state index is 12.7. The van der Waals surface area contributed by atoms with Crippen molar-refractivity contribution in [1.29, 1.82) is 0 Å². The van der Waals surface area contributed by atoms with Crippen LogP contribution >= 0.6 is 0 Å². The van der Waals surface area contributed by atoms with Crippen molar-refractivity contribution < 1.29 is 13.2 Å². The number of aromatic nitrogens is 3.